The van der Waals surface area contributed by atoms with E-state index in [0.717, 1.165) is 4.31 Å². The third-order valence-corrected chi connectivity index (χ3v) is 8.80. The highest BCUT2D eigenvalue weighted by Gasteiger charge is 2.41. The van der Waals surface area contributed by atoms with E-state index < -0.39 is 50.0 Å². The molecule has 1 aliphatic rings. The van der Waals surface area contributed by atoms with Gasteiger partial charge in [-0.15, -0.1) is 0 Å². The number of nitrogen functional groups attached to an aromatic ring is 1. The number of aromatic hydroxyl groups is 1. The zero-order valence-electron chi connectivity index (χ0n) is 21.4. The average Bonchev–Trinajstić information content (AvgIpc) is 3.63. The van der Waals surface area contributed by atoms with Gasteiger partial charge in [-0.05, 0) is 42.8 Å². The van der Waals surface area contributed by atoms with Crippen LogP contribution in [0.1, 0.15) is 12.5 Å². The number of hydrogen-bond acceptors (Lipinski definition) is 8. The van der Waals surface area contributed by atoms with Crippen LogP contribution in [0, 0.1) is 23.3 Å². The second-order valence-corrected chi connectivity index (χ2v) is 11.3. The molecule has 3 heterocycles. The van der Waals surface area contributed by atoms with E-state index in [2.05, 4.69) is 15.1 Å². The Morgan fingerprint density at radius 1 is 0.905 bits per heavy atom. The molecule has 1 atom stereocenters. The Bertz CT molecular complexity index is 1910. The number of rotatable bonds is 6. The molecule has 0 unspecified atom stereocenters. The number of hydrogen-bond donors (Lipinski definition) is 2. The van der Waals surface area contributed by atoms with Crippen LogP contribution in [0.25, 0.3) is 22.3 Å². The lowest BCUT2D eigenvalue weighted by Gasteiger charge is -2.18. The smallest absolute Gasteiger partial charge is 0.250 e. The largest absolute Gasteiger partial charge is 0.504 e. The first-order chi connectivity index (χ1) is 20.1. The van der Waals surface area contributed by atoms with E-state index in [1.165, 1.54) is 11.0 Å². The fraction of sp³-hybridized carbons (Fsp3) is 0.148. The number of aromatic nitrogens is 4. The number of ether oxygens (including phenoxy) is 1. The maximum atomic E-state index is 14.5. The molecule has 0 aliphatic carbocycles. The molecule has 1 aliphatic heterocycles. The third-order valence-electron chi connectivity index (χ3n) is 6.90. The highest BCUT2D eigenvalue weighted by atomic mass is 32.2. The van der Waals surface area contributed by atoms with Crippen molar-refractivity contribution in [2.75, 3.05) is 18.8 Å². The lowest BCUT2D eigenvalue weighted by Crippen LogP contribution is -2.31. The van der Waals surface area contributed by atoms with E-state index in [-0.39, 0.29) is 25.3 Å². The molecule has 3 aromatic carbocycles. The Morgan fingerprint density at radius 3 is 2.29 bits per heavy atom. The topological polar surface area (TPSA) is 136 Å². The molecular formula is C27H20F4N6O4S. The van der Waals surface area contributed by atoms with Crippen LogP contribution in [0.4, 0.5) is 23.4 Å². The van der Waals surface area contributed by atoms with Gasteiger partial charge in [-0.1, -0.05) is 18.2 Å². The molecule has 6 rings (SSSR count). The molecule has 1 fully saturated rings. The first-order valence-electron chi connectivity index (χ1n) is 12.4. The van der Waals surface area contributed by atoms with Crippen LogP contribution >= 0.6 is 0 Å². The first kappa shape index (κ1) is 27.4. The van der Waals surface area contributed by atoms with Crippen LogP contribution < -0.4 is 10.5 Å². The van der Waals surface area contributed by atoms with Gasteiger partial charge in [0, 0.05) is 18.7 Å². The Balaban J connectivity index is 1.34. The predicted octanol–water partition coefficient (Wildman–Crippen LogP) is 4.77. The summed E-state index contributed by atoms with van der Waals surface area (Å²) < 4.78 is 90.1. The number of fused-ring (bicyclic) bond motifs is 1. The number of benzene rings is 3. The van der Waals surface area contributed by atoms with Crippen molar-refractivity contribution in [1.29, 1.82) is 0 Å². The summed E-state index contributed by atoms with van der Waals surface area (Å²) in [5.74, 6) is -9.61. The zero-order valence-corrected chi connectivity index (χ0v) is 22.2. The molecule has 2 aromatic heterocycles. The van der Waals surface area contributed by atoms with E-state index in [1.807, 2.05) is 30.3 Å². The summed E-state index contributed by atoms with van der Waals surface area (Å²) in [7, 11) is -4.99. The Hall–Kier alpha value is -4.76. The molecule has 1 saturated heterocycles. The van der Waals surface area contributed by atoms with Crippen LogP contribution in [0.2, 0.25) is 0 Å². The fourth-order valence-corrected chi connectivity index (χ4v) is 6.47. The van der Waals surface area contributed by atoms with E-state index in [9.17, 15) is 31.1 Å². The van der Waals surface area contributed by atoms with Crippen LogP contribution in [-0.4, -0.2) is 50.7 Å². The molecule has 42 heavy (non-hydrogen) atoms. The van der Waals surface area contributed by atoms with Gasteiger partial charge in [-0.3, -0.25) is 0 Å². The van der Waals surface area contributed by atoms with Crippen molar-refractivity contribution >= 4 is 26.9 Å². The summed E-state index contributed by atoms with van der Waals surface area (Å²) in [5, 5.41) is 14.9. The highest BCUT2D eigenvalue weighted by molar-refractivity contribution is 7.89. The maximum Gasteiger partial charge on any atom is 0.250 e. The molecule has 3 N–H and O–H groups in total. The van der Waals surface area contributed by atoms with E-state index in [1.54, 1.807) is 24.3 Å². The van der Waals surface area contributed by atoms with Crippen molar-refractivity contribution in [2.24, 2.45) is 0 Å². The predicted molar refractivity (Wildman–Crippen MR) is 142 cm³/mol. The molecule has 0 amide bonds. The van der Waals surface area contributed by atoms with Gasteiger partial charge in [-0.2, -0.15) is 13.8 Å². The van der Waals surface area contributed by atoms with E-state index in [4.69, 9.17) is 10.5 Å². The Morgan fingerprint density at radius 2 is 1.57 bits per heavy atom. The van der Waals surface area contributed by atoms with Gasteiger partial charge in [0.1, 0.15) is 29.3 Å². The monoisotopic (exact) mass is 600 g/mol. The number of sulfonamides is 1. The van der Waals surface area contributed by atoms with Gasteiger partial charge in [-0.25, -0.2) is 36.2 Å². The Labute approximate surface area is 235 Å². The summed E-state index contributed by atoms with van der Waals surface area (Å²) in [6.45, 7) is -0.554. The Kier molecular flexibility index (Phi) is 6.69. The van der Waals surface area contributed by atoms with Crippen molar-refractivity contribution in [3.05, 3.63) is 84.2 Å². The highest BCUT2D eigenvalue weighted by Crippen LogP contribution is 2.39. The zero-order chi connectivity index (χ0) is 29.8. The van der Waals surface area contributed by atoms with Gasteiger partial charge in [0.2, 0.25) is 21.7 Å². The van der Waals surface area contributed by atoms with E-state index >= 15 is 0 Å². The van der Waals surface area contributed by atoms with Crippen LogP contribution in [0.15, 0.2) is 65.8 Å². The summed E-state index contributed by atoms with van der Waals surface area (Å²) in [6, 6.07) is 15.5. The molecule has 0 radical (unpaired) electrons. The molecule has 5 aromatic rings. The van der Waals surface area contributed by atoms with Crippen molar-refractivity contribution in [1.82, 2.24) is 24.1 Å². The number of phenols is 1. The van der Waals surface area contributed by atoms with E-state index in [0.29, 0.717) is 33.8 Å². The molecule has 15 heteroatoms. The van der Waals surface area contributed by atoms with Crippen molar-refractivity contribution < 1.29 is 35.8 Å². The molecule has 216 valence electrons. The molecule has 0 bridgehead atoms. The summed E-state index contributed by atoms with van der Waals surface area (Å²) in [5.41, 5.74) is 7.51. The molecule has 10 nitrogen and oxygen atoms in total. The summed E-state index contributed by atoms with van der Waals surface area (Å²) in [6.07, 6.45) is 1.36. The van der Waals surface area contributed by atoms with Crippen molar-refractivity contribution in [3.63, 3.8) is 0 Å². The molecule has 0 saturated carbocycles. The normalized spacial score (nSPS) is 15.9. The number of halogens is 4. The van der Waals surface area contributed by atoms with Crippen molar-refractivity contribution in [3.8, 4) is 28.5 Å². The lowest BCUT2D eigenvalue weighted by molar-refractivity contribution is 0.341. The second-order valence-electron chi connectivity index (χ2n) is 9.43. The van der Waals surface area contributed by atoms with Crippen LogP contribution in [0.3, 0.4) is 0 Å². The number of nitrogens with zero attached hydrogens (tertiary/aromatic N) is 5. The van der Waals surface area contributed by atoms with Gasteiger partial charge in [0.05, 0.1) is 11.4 Å². The average molecular weight is 601 g/mol. The number of nitrogens with two attached hydrogens (primary N) is 1. The SMILES string of the molecule is Nc1ncnc2c1c(-c1ccc(Oc3ccccc3)cc1)nn2[C@@H]1CCN(S(=O)(=O)c2c(O)c(F)c(F)c(F)c2F)C1. The summed E-state index contributed by atoms with van der Waals surface area (Å²) >= 11 is 0. The maximum absolute atomic E-state index is 14.5. The summed E-state index contributed by atoms with van der Waals surface area (Å²) in [4.78, 5) is 6.66. The molecular weight excluding hydrogens is 580 g/mol. The minimum absolute atomic E-state index is 0.123. The number of anilines is 1. The minimum atomic E-state index is -4.99. The fourth-order valence-electron chi connectivity index (χ4n) is 4.85. The lowest BCUT2D eigenvalue weighted by atomic mass is 10.1. The second kappa shape index (κ2) is 10.3. The molecule has 0 spiro atoms. The van der Waals surface area contributed by atoms with Crippen molar-refractivity contribution in [2.45, 2.75) is 17.4 Å². The van der Waals surface area contributed by atoms with Gasteiger partial charge in [0.25, 0.3) is 0 Å². The van der Waals surface area contributed by atoms with Crippen LogP contribution in [-0.2, 0) is 10.0 Å². The quantitative estimate of drug-likeness (QED) is 0.162. The van der Waals surface area contributed by atoms with Crippen LogP contribution in [0.5, 0.6) is 17.2 Å². The standard InChI is InChI=1S/C27H20F4N6O4S/c28-19-20(29)22(31)25(24(38)21(19)30)42(39,40)36-11-10-15(12-36)37-27-18(26(32)33-13-34-27)23(35-37)14-6-8-17(9-7-14)41-16-4-2-1-3-5-16/h1-9,13,15,38H,10-12H2,(H2,32,33,34)/t15-/m1/s1. The van der Waals surface area contributed by atoms with Gasteiger partial charge in [0.15, 0.2) is 27.9 Å². The third kappa shape index (κ3) is 4.46. The number of para-hydroxylation sites is 1. The van der Waals surface area contributed by atoms with Gasteiger partial charge >= 0.3 is 0 Å². The number of phenolic OH excluding ortho intramolecular Hbond substituents is 1. The minimum Gasteiger partial charge on any atom is -0.504 e. The van der Waals surface area contributed by atoms with Gasteiger partial charge < -0.3 is 15.6 Å². The first-order valence-corrected chi connectivity index (χ1v) is 13.9.